The highest BCUT2D eigenvalue weighted by Crippen LogP contribution is 2.32. The third-order valence-electron chi connectivity index (χ3n) is 4.18. The molecule has 2 aliphatic heterocycles. The van der Waals surface area contributed by atoms with Crippen molar-refractivity contribution in [2.45, 2.75) is 24.4 Å². The fourth-order valence-corrected chi connectivity index (χ4v) is 3.92. The van der Waals surface area contributed by atoms with Crippen molar-refractivity contribution in [1.82, 2.24) is 14.6 Å². The van der Waals surface area contributed by atoms with Crippen molar-refractivity contribution in [3.63, 3.8) is 0 Å². The van der Waals surface area contributed by atoms with Crippen LogP contribution in [0, 0.1) is 0 Å². The highest BCUT2D eigenvalue weighted by Gasteiger charge is 2.23. The van der Waals surface area contributed by atoms with Crippen LogP contribution in [0.1, 0.15) is 22.5 Å². The van der Waals surface area contributed by atoms with Gasteiger partial charge >= 0.3 is 0 Å². The van der Waals surface area contributed by atoms with Gasteiger partial charge in [0.15, 0.2) is 11.5 Å². The molecule has 132 valence electrons. The number of carbonyl (C=O) groups excluding carboxylic acids is 1. The van der Waals surface area contributed by atoms with Gasteiger partial charge in [-0.1, -0.05) is 6.07 Å². The number of sulfonamides is 1. The van der Waals surface area contributed by atoms with E-state index in [2.05, 4.69) is 10.0 Å². The maximum absolute atomic E-state index is 12.5. The zero-order valence-electron chi connectivity index (χ0n) is 13.3. The number of ether oxygens (including phenoxy) is 2. The van der Waals surface area contributed by atoms with E-state index < -0.39 is 10.0 Å². The second kappa shape index (κ2) is 6.08. The van der Waals surface area contributed by atoms with Gasteiger partial charge in [0.05, 0.1) is 0 Å². The highest BCUT2D eigenvalue weighted by molar-refractivity contribution is 7.89. The van der Waals surface area contributed by atoms with Crippen molar-refractivity contribution in [2.75, 3.05) is 13.3 Å². The fraction of sp³-hybridized carbons (Fsp3) is 0.312. The number of nitrogens with zero attached hydrogens (tertiary/aromatic N) is 1. The predicted octanol–water partition coefficient (Wildman–Crippen LogP) is 0.829. The zero-order chi connectivity index (χ0) is 17.4. The Hall–Kier alpha value is -2.52. The smallest absolute Gasteiger partial charge is 0.267 e. The lowest BCUT2D eigenvalue weighted by atomic mass is 10.2. The molecule has 0 spiro atoms. The van der Waals surface area contributed by atoms with Gasteiger partial charge in [0.1, 0.15) is 10.6 Å². The summed E-state index contributed by atoms with van der Waals surface area (Å²) in [4.78, 5) is 12.0. The Morgan fingerprint density at radius 2 is 2.04 bits per heavy atom. The van der Waals surface area contributed by atoms with Gasteiger partial charge in [0, 0.05) is 25.8 Å². The third kappa shape index (κ3) is 3.08. The average molecular weight is 363 g/mol. The number of benzene rings is 1. The van der Waals surface area contributed by atoms with E-state index >= 15 is 0 Å². The average Bonchev–Trinajstić information content (AvgIpc) is 3.20. The summed E-state index contributed by atoms with van der Waals surface area (Å²) in [5.74, 6) is 0.993. The molecule has 3 heterocycles. The molecule has 1 aromatic carbocycles. The second-order valence-electron chi connectivity index (χ2n) is 5.88. The highest BCUT2D eigenvalue weighted by atomic mass is 32.2. The summed E-state index contributed by atoms with van der Waals surface area (Å²) < 4.78 is 39.8. The molecule has 0 radical (unpaired) electrons. The topological polar surface area (TPSA) is 98.7 Å². The number of aromatic nitrogens is 1. The van der Waals surface area contributed by atoms with Gasteiger partial charge in [0.2, 0.25) is 16.8 Å². The van der Waals surface area contributed by atoms with Crippen molar-refractivity contribution in [1.29, 1.82) is 0 Å². The number of nitrogens with one attached hydrogen (secondary N) is 2. The number of hydrogen-bond acceptors (Lipinski definition) is 5. The Balaban J connectivity index is 1.52. The lowest BCUT2D eigenvalue weighted by molar-refractivity contribution is 0.0951. The van der Waals surface area contributed by atoms with Crippen LogP contribution in [0.4, 0.5) is 0 Å². The van der Waals surface area contributed by atoms with Crippen molar-refractivity contribution in [2.24, 2.45) is 0 Å². The summed E-state index contributed by atoms with van der Waals surface area (Å²) in [6, 6.07) is 6.67. The van der Waals surface area contributed by atoms with Crippen LogP contribution < -0.4 is 19.5 Å². The monoisotopic (exact) mass is 363 g/mol. The van der Waals surface area contributed by atoms with Crippen molar-refractivity contribution in [3.05, 3.63) is 41.7 Å². The van der Waals surface area contributed by atoms with Gasteiger partial charge in [-0.05, 0) is 30.2 Å². The van der Waals surface area contributed by atoms with E-state index in [9.17, 15) is 13.2 Å². The van der Waals surface area contributed by atoms with Gasteiger partial charge in [0.25, 0.3) is 5.91 Å². The summed E-state index contributed by atoms with van der Waals surface area (Å²) in [6.45, 7) is 1.48. The Kier molecular flexibility index (Phi) is 3.89. The molecule has 9 heteroatoms. The maximum atomic E-state index is 12.5. The molecule has 4 rings (SSSR count). The molecule has 1 amide bonds. The largest absolute Gasteiger partial charge is 0.454 e. The number of carbonyl (C=O) groups is 1. The standard InChI is InChI=1S/C16H17N3O5S/c20-16-13-7-12(9-19(13)5-1-4-17-16)25(21,22)18-8-11-2-3-14-15(6-11)24-10-23-14/h2-3,6-7,9,18H,1,4-5,8,10H2,(H,17,20). The first-order valence-corrected chi connectivity index (χ1v) is 9.38. The van der Waals surface area contributed by atoms with Gasteiger partial charge < -0.3 is 19.4 Å². The Morgan fingerprint density at radius 1 is 1.20 bits per heavy atom. The summed E-state index contributed by atoms with van der Waals surface area (Å²) >= 11 is 0. The fourth-order valence-electron chi connectivity index (χ4n) is 2.86. The molecule has 8 nitrogen and oxygen atoms in total. The third-order valence-corrected chi connectivity index (χ3v) is 5.55. The molecule has 1 aromatic heterocycles. The molecule has 25 heavy (non-hydrogen) atoms. The number of aryl methyl sites for hydroxylation is 1. The SMILES string of the molecule is O=C1NCCCn2cc(S(=O)(=O)NCc3ccc4c(c3)OCO4)cc21. The van der Waals surface area contributed by atoms with Gasteiger partial charge in [-0.3, -0.25) is 4.79 Å². The van der Waals surface area contributed by atoms with E-state index in [4.69, 9.17) is 9.47 Å². The van der Waals surface area contributed by atoms with Crippen LogP contribution in [0.15, 0.2) is 35.4 Å². The summed E-state index contributed by atoms with van der Waals surface area (Å²) in [5, 5.41) is 2.75. The minimum Gasteiger partial charge on any atom is -0.454 e. The molecule has 0 aliphatic carbocycles. The van der Waals surface area contributed by atoms with Gasteiger partial charge in [-0.2, -0.15) is 0 Å². The van der Waals surface area contributed by atoms with Crippen LogP contribution in [0.2, 0.25) is 0 Å². The van der Waals surface area contributed by atoms with Crippen LogP contribution in [0.5, 0.6) is 11.5 Å². The first-order valence-electron chi connectivity index (χ1n) is 7.89. The van der Waals surface area contributed by atoms with Crippen LogP contribution in [-0.4, -0.2) is 32.2 Å². The Labute approximate surface area is 144 Å². The predicted molar refractivity (Wildman–Crippen MR) is 88.0 cm³/mol. The van der Waals surface area contributed by atoms with Crippen LogP contribution >= 0.6 is 0 Å². The number of hydrogen-bond donors (Lipinski definition) is 2. The molecule has 0 unspecified atom stereocenters. The van der Waals surface area contributed by atoms with E-state index in [0.717, 1.165) is 12.0 Å². The normalized spacial score (nSPS) is 16.2. The number of rotatable bonds is 4. The minimum atomic E-state index is -3.72. The van der Waals surface area contributed by atoms with E-state index in [1.54, 1.807) is 22.8 Å². The van der Waals surface area contributed by atoms with Crippen LogP contribution in [-0.2, 0) is 23.1 Å². The molecule has 2 aliphatic rings. The van der Waals surface area contributed by atoms with Gasteiger partial charge in [-0.25, -0.2) is 13.1 Å². The molecule has 2 aromatic rings. The van der Waals surface area contributed by atoms with E-state index in [1.807, 2.05) is 0 Å². The maximum Gasteiger partial charge on any atom is 0.267 e. The summed E-state index contributed by atoms with van der Waals surface area (Å²) in [7, 11) is -3.72. The molecule has 0 fully saturated rings. The molecule has 0 saturated heterocycles. The first-order chi connectivity index (χ1) is 12.0. The van der Waals surface area contributed by atoms with Crippen LogP contribution in [0.25, 0.3) is 0 Å². The lowest BCUT2D eigenvalue weighted by Crippen LogP contribution is -2.24. The Bertz CT molecular complexity index is 935. The first kappa shape index (κ1) is 16.0. The van der Waals surface area contributed by atoms with E-state index in [0.29, 0.717) is 30.3 Å². The second-order valence-corrected chi connectivity index (χ2v) is 7.64. The minimum absolute atomic E-state index is 0.0836. The number of fused-ring (bicyclic) bond motifs is 2. The Morgan fingerprint density at radius 3 is 2.92 bits per heavy atom. The lowest BCUT2D eigenvalue weighted by Gasteiger charge is -2.06. The van der Waals surface area contributed by atoms with Crippen molar-refractivity contribution < 1.29 is 22.7 Å². The van der Waals surface area contributed by atoms with E-state index in [1.165, 1.54) is 12.3 Å². The molecule has 0 saturated carbocycles. The molecular weight excluding hydrogens is 346 g/mol. The van der Waals surface area contributed by atoms with Crippen LogP contribution in [0.3, 0.4) is 0 Å². The van der Waals surface area contributed by atoms with Crippen molar-refractivity contribution >= 4 is 15.9 Å². The molecule has 0 bridgehead atoms. The van der Waals surface area contributed by atoms with Crippen molar-refractivity contribution in [3.8, 4) is 11.5 Å². The molecule has 2 N–H and O–H groups in total. The zero-order valence-corrected chi connectivity index (χ0v) is 14.1. The summed E-state index contributed by atoms with van der Waals surface area (Å²) in [5.41, 5.74) is 1.12. The summed E-state index contributed by atoms with van der Waals surface area (Å²) in [6.07, 6.45) is 2.26. The quantitative estimate of drug-likeness (QED) is 0.838. The number of amides is 1. The molecule has 0 atom stereocenters. The van der Waals surface area contributed by atoms with Gasteiger partial charge in [-0.15, -0.1) is 0 Å². The molecular formula is C16H17N3O5S. The van der Waals surface area contributed by atoms with E-state index in [-0.39, 0.29) is 24.1 Å².